The Morgan fingerprint density at radius 3 is 2.59 bits per heavy atom. The van der Waals surface area contributed by atoms with Gasteiger partial charge in [0.15, 0.2) is 0 Å². The predicted octanol–water partition coefficient (Wildman–Crippen LogP) is 2.96. The number of nitrogens with one attached hydrogen (secondary N) is 1. The van der Waals surface area contributed by atoms with Crippen molar-refractivity contribution in [1.82, 2.24) is 5.32 Å². The van der Waals surface area contributed by atoms with E-state index in [0.29, 0.717) is 12.0 Å². The van der Waals surface area contributed by atoms with E-state index in [1.165, 1.54) is 11.3 Å². The topological polar surface area (TPSA) is 21.3 Å². The van der Waals surface area contributed by atoms with E-state index in [1.807, 2.05) is 17.8 Å². The minimum atomic E-state index is 0.297. The van der Waals surface area contributed by atoms with Crippen LogP contribution >= 0.6 is 11.8 Å². The molecule has 0 spiro atoms. The molecule has 1 N–H and O–H groups in total. The predicted molar refractivity (Wildman–Crippen MR) is 76.6 cm³/mol. The number of ether oxygens (including phenoxy) is 1. The number of methoxy groups -OCH3 is 1. The van der Waals surface area contributed by atoms with Gasteiger partial charge in [0, 0.05) is 7.11 Å². The van der Waals surface area contributed by atoms with Gasteiger partial charge in [0.1, 0.15) is 0 Å². The number of rotatable bonds is 8. The van der Waals surface area contributed by atoms with Crippen LogP contribution in [0.5, 0.6) is 0 Å². The van der Waals surface area contributed by atoms with Crippen LogP contribution in [0.15, 0.2) is 30.3 Å². The average molecular weight is 253 g/mol. The van der Waals surface area contributed by atoms with E-state index in [9.17, 15) is 0 Å². The summed E-state index contributed by atoms with van der Waals surface area (Å²) in [4.78, 5) is 0. The van der Waals surface area contributed by atoms with E-state index >= 15 is 0 Å². The van der Waals surface area contributed by atoms with Gasteiger partial charge in [0.25, 0.3) is 0 Å². The second kappa shape index (κ2) is 8.56. The first-order chi connectivity index (χ1) is 8.27. The zero-order valence-electron chi connectivity index (χ0n) is 11.0. The Hall–Kier alpha value is -0.510. The van der Waals surface area contributed by atoms with Crippen molar-refractivity contribution in [3.8, 4) is 0 Å². The van der Waals surface area contributed by atoms with Gasteiger partial charge < -0.3 is 10.1 Å². The monoisotopic (exact) mass is 253 g/mol. The normalized spacial score (nSPS) is 14.5. The van der Waals surface area contributed by atoms with Crippen LogP contribution in [0.4, 0.5) is 0 Å². The fourth-order valence-electron chi connectivity index (χ4n) is 1.81. The Morgan fingerprint density at radius 1 is 1.29 bits per heavy atom. The maximum absolute atomic E-state index is 5.28. The molecule has 1 rings (SSSR count). The molecule has 1 aromatic rings. The van der Waals surface area contributed by atoms with Gasteiger partial charge >= 0.3 is 0 Å². The summed E-state index contributed by atoms with van der Waals surface area (Å²) < 4.78 is 5.28. The van der Waals surface area contributed by atoms with Crippen LogP contribution in [0, 0.1) is 5.92 Å². The van der Waals surface area contributed by atoms with Crippen LogP contribution in [0.25, 0.3) is 0 Å². The summed E-state index contributed by atoms with van der Waals surface area (Å²) in [6.45, 7) is 4.03. The van der Waals surface area contributed by atoms with Crippen molar-refractivity contribution in [2.24, 2.45) is 5.92 Å². The molecule has 1 aromatic carbocycles. The molecular weight excluding hydrogens is 230 g/mol. The first kappa shape index (κ1) is 14.6. The molecule has 3 heteroatoms. The van der Waals surface area contributed by atoms with Gasteiger partial charge in [-0.3, -0.25) is 0 Å². The van der Waals surface area contributed by atoms with Crippen LogP contribution in [-0.4, -0.2) is 32.3 Å². The lowest BCUT2D eigenvalue weighted by atomic mass is 10.1. The van der Waals surface area contributed by atoms with Crippen LogP contribution < -0.4 is 5.32 Å². The smallest absolute Gasteiger partial charge is 0.0657 e. The van der Waals surface area contributed by atoms with E-state index < -0.39 is 0 Å². The molecule has 0 aliphatic carbocycles. The molecule has 17 heavy (non-hydrogen) atoms. The maximum atomic E-state index is 5.28. The summed E-state index contributed by atoms with van der Waals surface area (Å²) in [6.07, 6.45) is 2.15. The van der Waals surface area contributed by atoms with Crippen molar-refractivity contribution in [3.05, 3.63) is 35.9 Å². The van der Waals surface area contributed by atoms with Crippen LogP contribution in [0.1, 0.15) is 18.5 Å². The Bertz CT molecular complexity index is 292. The Labute approximate surface area is 109 Å². The number of hydrogen-bond donors (Lipinski definition) is 1. The molecule has 0 amide bonds. The molecule has 2 unspecified atom stereocenters. The number of thioether (sulfide) groups is 1. The van der Waals surface area contributed by atoms with Crippen molar-refractivity contribution in [3.63, 3.8) is 0 Å². The van der Waals surface area contributed by atoms with Gasteiger partial charge in [-0.15, -0.1) is 0 Å². The largest absolute Gasteiger partial charge is 0.383 e. The van der Waals surface area contributed by atoms with Gasteiger partial charge in [0.2, 0.25) is 0 Å². The lowest BCUT2D eigenvalue weighted by molar-refractivity contribution is 0.165. The standard InChI is InChI=1S/C14H23NOS/c1-12(11-17-3)9-15-14(10-16-2)13-7-5-4-6-8-13/h4-8,12,14-15H,9-11H2,1-3H3. The van der Waals surface area contributed by atoms with E-state index in [0.717, 1.165) is 13.2 Å². The van der Waals surface area contributed by atoms with Gasteiger partial charge in [-0.25, -0.2) is 0 Å². The minimum Gasteiger partial charge on any atom is -0.383 e. The maximum Gasteiger partial charge on any atom is 0.0657 e. The Morgan fingerprint density at radius 2 is 2.00 bits per heavy atom. The fraction of sp³-hybridized carbons (Fsp3) is 0.571. The molecular formula is C14H23NOS. The van der Waals surface area contributed by atoms with Crippen molar-refractivity contribution in [2.75, 3.05) is 32.3 Å². The third-order valence-electron chi connectivity index (χ3n) is 2.70. The highest BCUT2D eigenvalue weighted by atomic mass is 32.2. The van der Waals surface area contributed by atoms with Crippen LogP contribution in [0.2, 0.25) is 0 Å². The van der Waals surface area contributed by atoms with Gasteiger partial charge in [-0.05, 0) is 30.0 Å². The first-order valence-corrected chi connectivity index (χ1v) is 7.43. The molecule has 0 fully saturated rings. The van der Waals surface area contributed by atoms with Crippen molar-refractivity contribution in [2.45, 2.75) is 13.0 Å². The third kappa shape index (κ3) is 5.57. The third-order valence-corrected chi connectivity index (χ3v) is 3.60. The second-order valence-electron chi connectivity index (χ2n) is 4.39. The molecule has 2 nitrogen and oxygen atoms in total. The first-order valence-electron chi connectivity index (χ1n) is 6.04. The van der Waals surface area contributed by atoms with Gasteiger partial charge in [0.05, 0.1) is 12.6 Å². The van der Waals surface area contributed by atoms with Crippen molar-refractivity contribution >= 4 is 11.8 Å². The molecule has 0 radical (unpaired) electrons. The molecule has 0 saturated heterocycles. The van der Waals surface area contributed by atoms with E-state index in [2.05, 4.69) is 42.8 Å². The summed E-state index contributed by atoms with van der Waals surface area (Å²) in [5, 5.41) is 3.58. The van der Waals surface area contributed by atoms with Gasteiger partial charge in [-0.2, -0.15) is 11.8 Å². The number of hydrogen-bond acceptors (Lipinski definition) is 3. The molecule has 0 saturated carbocycles. The van der Waals surface area contributed by atoms with Crippen molar-refractivity contribution in [1.29, 1.82) is 0 Å². The summed E-state index contributed by atoms with van der Waals surface area (Å²) in [7, 11) is 1.75. The summed E-state index contributed by atoms with van der Waals surface area (Å²) >= 11 is 1.90. The zero-order valence-corrected chi connectivity index (χ0v) is 11.8. The van der Waals surface area contributed by atoms with E-state index in [4.69, 9.17) is 4.74 Å². The van der Waals surface area contributed by atoms with E-state index in [1.54, 1.807) is 7.11 Å². The lowest BCUT2D eigenvalue weighted by Gasteiger charge is -2.20. The van der Waals surface area contributed by atoms with Crippen LogP contribution in [-0.2, 0) is 4.74 Å². The summed E-state index contributed by atoms with van der Waals surface area (Å²) in [5.74, 6) is 1.88. The SMILES string of the molecule is COCC(NCC(C)CSC)c1ccccc1. The molecule has 0 aromatic heterocycles. The minimum absolute atomic E-state index is 0.297. The lowest BCUT2D eigenvalue weighted by Crippen LogP contribution is -2.30. The van der Waals surface area contributed by atoms with Crippen molar-refractivity contribution < 1.29 is 4.74 Å². The second-order valence-corrected chi connectivity index (χ2v) is 5.30. The summed E-state index contributed by atoms with van der Waals surface area (Å²) in [6, 6.07) is 10.8. The molecule has 96 valence electrons. The Kier molecular flexibility index (Phi) is 7.33. The highest BCUT2D eigenvalue weighted by Crippen LogP contribution is 2.13. The molecule has 0 aliphatic heterocycles. The Balaban J connectivity index is 2.49. The quantitative estimate of drug-likeness (QED) is 0.769. The zero-order chi connectivity index (χ0) is 12.5. The number of benzene rings is 1. The fourth-order valence-corrected chi connectivity index (χ4v) is 2.50. The highest BCUT2D eigenvalue weighted by Gasteiger charge is 2.11. The van der Waals surface area contributed by atoms with Gasteiger partial charge in [-0.1, -0.05) is 37.3 Å². The average Bonchev–Trinajstić information content (AvgIpc) is 2.36. The van der Waals surface area contributed by atoms with E-state index in [-0.39, 0.29) is 0 Å². The molecule has 2 atom stereocenters. The molecule has 0 aliphatic rings. The molecule has 0 bridgehead atoms. The van der Waals surface area contributed by atoms with Crippen LogP contribution in [0.3, 0.4) is 0 Å². The highest BCUT2D eigenvalue weighted by molar-refractivity contribution is 7.98. The molecule has 0 heterocycles. The summed E-state index contributed by atoms with van der Waals surface area (Å²) in [5.41, 5.74) is 1.30.